The standard InChI is InChI=1S/C24H25ClF2N2O5S/c25-17-1-3-20(4-2-17)35(31,23-14-22(23)34-24(30)28-5-8-32-9-6-28)29-7-10-33-15-21(29)16-11-18(26)13-19(27)12-16/h1-4,11-13,21-22H,5-10,14-15H2/t21-,22?,35?/m0/s1. The van der Waals surface area contributed by atoms with Gasteiger partial charge in [-0.1, -0.05) is 11.6 Å². The lowest BCUT2D eigenvalue weighted by atomic mass is 10.1. The zero-order chi connectivity index (χ0) is 24.6. The van der Waals surface area contributed by atoms with Gasteiger partial charge in [-0.05, 0) is 42.0 Å². The lowest BCUT2D eigenvalue weighted by Crippen LogP contribution is -2.45. The van der Waals surface area contributed by atoms with Crippen molar-refractivity contribution in [2.45, 2.75) is 23.5 Å². The zero-order valence-electron chi connectivity index (χ0n) is 18.8. The normalized spacial score (nSPS) is 24.7. The maximum Gasteiger partial charge on any atom is 0.410 e. The molecule has 35 heavy (non-hydrogen) atoms. The Labute approximate surface area is 207 Å². The van der Waals surface area contributed by atoms with E-state index < -0.39 is 39.6 Å². The van der Waals surface area contributed by atoms with Crippen molar-refractivity contribution < 1.29 is 32.0 Å². The fourth-order valence-corrected chi connectivity index (χ4v) is 7.61. The Morgan fingerprint density at radius 2 is 1.66 bits per heavy atom. The minimum Gasteiger partial charge on any atom is -0.441 e. The van der Waals surface area contributed by atoms with Crippen molar-refractivity contribution in [3.8, 4) is 0 Å². The van der Waals surface area contributed by atoms with Crippen molar-refractivity contribution in [3.05, 3.63) is 64.7 Å². The smallest absolute Gasteiger partial charge is 0.410 e. The van der Waals surface area contributed by atoms with Crippen LogP contribution in [0.4, 0.5) is 13.6 Å². The molecule has 0 spiro atoms. The Morgan fingerprint density at radius 3 is 2.34 bits per heavy atom. The van der Waals surface area contributed by atoms with Crippen LogP contribution in [0.1, 0.15) is 18.0 Å². The molecule has 1 aliphatic carbocycles. The Bertz CT molecular complexity index is 1210. The third kappa shape index (κ3) is 5.03. The van der Waals surface area contributed by atoms with Gasteiger partial charge >= 0.3 is 6.09 Å². The molecule has 3 aliphatic rings. The zero-order valence-corrected chi connectivity index (χ0v) is 20.4. The molecule has 2 aliphatic heterocycles. The second kappa shape index (κ2) is 10.0. The molecule has 0 aromatic heterocycles. The van der Waals surface area contributed by atoms with Gasteiger partial charge in [0.25, 0.3) is 0 Å². The largest absolute Gasteiger partial charge is 0.441 e. The number of ether oxygens (including phenoxy) is 3. The molecule has 1 saturated carbocycles. The van der Waals surface area contributed by atoms with Crippen molar-refractivity contribution in [2.75, 3.05) is 46.1 Å². The van der Waals surface area contributed by atoms with E-state index in [0.717, 1.165) is 6.07 Å². The second-order valence-electron chi connectivity index (χ2n) is 8.56. The van der Waals surface area contributed by atoms with Crippen LogP contribution in [0.15, 0.2) is 47.4 Å². The molecule has 2 unspecified atom stereocenters. The highest BCUT2D eigenvalue weighted by Gasteiger charge is 2.46. The van der Waals surface area contributed by atoms with Gasteiger partial charge in [0.1, 0.15) is 17.7 Å². The molecular formula is C24H25ClF2N2O5S. The topological polar surface area (TPSA) is 68.3 Å². The van der Waals surface area contributed by atoms with Crippen LogP contribution in [0.2, 0.25) is 5.02 Å². The number of rotatable bonds is 4. The predicted molar refractivity (Wildman–Crippen MR) is 127 cm³/mol. The SMILES string of the molecule is O=C(OC1CC1=S(=O)(c1ccc(Cl)cc1)N1CCOC[C@H]1c1cc(F)cc(F)c1)N1CCOCC1. The number of benzene rings is 2. The number of amides is 1. The van der Waals surface area contributed by atoms with Crippen LogP contribution in [0.3, 0.4) is 0 Å². The van der Waals surface area contributed by atoms with E-state index in [1.54, 1.807) is 33.5 Å². The molecule has 2 aromatic carbocycles. The third-order valence-corrected chi connectivity index (χ3v) is 9.67. The van der Waals surface area contributed by atoms with Crippen LogP contribution in [0.5, 0.6) is 0 Å². The first-order chi connectivity index (χ1) is 16.9. The Balaban J connectivity index is 1.53. The van der Waals surface area contributed by atoms with Gasteiger partial charge in [-0.15, -0.1) is 0 Å². The van der Waals surface area contributed by atoms with Gasteiger partial charge in [-0.25, -0.2) is 22.1 Å². The van der Waals surface area contributed by atoms with Crippen LogP contribution in [0, 0.1) is 11.6 Å². The van der Waals surface area contributed by atoms with Gasteiger partial charge in [0.05, 0.1) is 42.2 Å². The molecule has 188 valence electrons. The van der Waals surface area contributed by atoms with E-state index in [1.165, 1.54) is 12.1 Å². The van der Waals surface area contributed by atoms with Crippen molar-refractivity contribution in [2.24, 2.45) is 0 Å². The van der Waals surface area contributed by atoms with E-state index in [4.69, 9.17) is 25.8 Å². The van der Waals surface area contributed by atoms with E-state index in [0.29, 0.717) is 59.7 Å². The number of morpholine rings is 2. The number of nitrogens with zero attached hydrogens (tertiary/aromatic N) is 2. The van der Waals surface area contributed by atoms with Crippen molar-refractivity contribution in [3.63, 3.8) is 0 Å². The summed E-state index contributed by atoms with van der Waals surface area (Å²) in [4.78, 5) is 15.3. The van der Waals surface area contributed by atoms with E-state index in [-0.39, 0.29) is 13.2 Å². The average Bonchev–Trinajstić information content (AvgIpc) is 3.63. The van der Waals surface area contributed by atoms with Gasteiger partial charge in [0.15, 0.2) is 0 Å². The Hall–Kier alpha value is -2.24. The summed E-state index contributed by atoms with van der Waals surface area (Å²) in [6.07, 6.45) is -0.766. The molecule has 2 aromatic rings. The summed E-state index contributed by atoms with van der Waals surface area (Å²) in [6, 6.07) is 9.23. The van der Waals surface area contributed by atoms with Gasteiger partial charge in [-0.2, -0.15) is 0 Å². The van der Waals surface area contributed by atoms with E-state index >= 15 is 0 Å². The highest BCUT2D eigenvalue weighted by molar-refractivity contribution is 8.01. The number of hydrogen-bond donors (Lipinski definition) is 0. The molecule has 11 heteroatoms. The molecule has 2 saturated heterocycles. The van der Waals surface area contributed by atoms with Gasteiger partial charge < -0.3 is 19.1 Å². The quantitative estimate of drug-likeness (QED) is 0.569. The minimum atomic E-state index is -3.09. The lowest BCUT2D eigenvalue weighted by Gasteiger charge is -2.38. The average molecular weight is 527 g/mol. The summed E-state index contributed by atoms with van der Waals surface area (Å²) in [7, 11) is -3.09. The van der Waals surface area contributed by atoms with Crippen LogP contribution >= 0.6 is 11.6 Å². The number of carbonyl (C=O) groups excluding carboxylic acids is 1. The fourth-order valence-electron chi connectivity index (χ4n) is 4.45. The summed E-state index contributed by atoms with van der Waals surface area (Å²) in [6.45, 7) is 2.42. The molecule has 1 amide bonds. The van der Waals surface area contributed by atoms with Gasteiger partial charge in [0.2, 0.25) is 0 Å². The maximum absolute atomic E-state index is 14.9. The molecule has 0 bridgehead atoms. The molecule has 3 fully saturated rings. The molecule has 0 radical (unpaired) electrons. The molecule has 2 heterocycles. The molecule has 7 nitrogen and oxygen atoms in total. The van der Waals surface area contributed by atoms with Crippen molar-refractivity contribution >= 4 is 32.3 Å². The van der Waals surface area contributed by atoms with Crippen molar-refractivity contribution in [1.29, 1.82) is 0 Å². The fraction of sp³-hybridized carbons (Fsp3) is 0.417. The first-order valence-electron chi connectivity index (χ1n) is 11.4. The van der Waals surface area contributed by atoms with Crippen LogP contribution in [-0.2, 0) is 23.9 Å². The Morgan fingerprint density at radius 1 is 1.00 bits per heavy atom. The highest BCUT2D eigenvalue weighted by atomic mass is 35.5. The summed E-state index contributed by atoms with van der Waals surface area (Å²) in [5.74, 6) is -1.44. The summed E-state index contributed by atoms with van der Waals surface area (Å²) >= 11 is 6.08. The third-order valence-electron chi connectivity index (χ3n) is 6.27. The number of carbonyl (C=O) groups is 1. The molecule has 3 atom stereocenters. The minimum absolute atomic E-state index is 0.110. The summed E-state index contributed by atoms with van der Waals surface area (Å²) < 4.78 is 61.4. The maximum atomic E-state index is 14.9. The van der Waals surface area contributed by atoms with Crippen LogP contribution < -0.4 is 0 Å². The first kappa shape index (κ1) is 24.5. The van der Waals surface area contributed by atoms with E-state index in [9.17, 15) is 17.8 Å². The number of halogens is 3. The molecular weight excluding hydrogens is 502 g/mol. The van der Waals surface area contributed by atoms with Crippen LogP contribution in [-0.4, -0.2) is 76.5 Å². The second-order valence-corrected chi connectivity index (χ2v) is 11.5. The van der Waals surface area contributed by atoms with E-state index in [2.05, 4.69) is 0 Å². The van der Waals surface area contributed by atoms with E-state index in [1.807, 2.05) is 0 Å². The molecule has 0 N–H and O–H groups in total. The van der Waals surface area contributed by atoms with Gasteiger partial charge in [0, 0.05) is 46.9 Å². The predicted octanol–water partition coefficient (Wildman–Crippen LogP) is 3.66. The highest BCUT2D eigenvalue weighted by Crippen LogP contribution is 2.38. The monoisotopic (exact) mass is 526 g/mol. The van der Waals surface area contributed by atoms with Crippen molar-refractivity contribution in [1.82, 2.24) is 9.21 Å². The van der Waals surface area contributed by atoms with Crippen LogP contribution in [0.25, 0.3) is 0 Å². The first-order valence-corrected chi connectivity index (χ1v) is 13.2. The Kier molecular flexibility index (Phi) is 7.00. The van der Waals surface area contributed by atoms with Gasteiger partial charge in [-0.3, -0.25) is 0 Å². The summed E-state index contributed by atoms with van der Waals surface area (Å²) in [5, 5.41) is 0.484. The number of hydrogen-bond acceptors (Lipinski definition) is 5. The molecule has 5 rings (SSSR count). The summed E-state index contributed by atoms with van der Waals surface area (Å²) in [5.41, 5.74) is 0.326. The lowest BCUT2D eigenvalue weighted by molar-refractivity contribution is 0.0267.